The van der Waals surface area contributed by atoms with Crippen molar-refractivity contribution < 1.29 is 4.79 Å². The number of thioether (sulfide) groups is 1. The molecule has 0 saturated carbocycles. The van der Waals surface area contributed by atoms with Gasteiger partial charge < -0.3 is 0 Å². The summed E-state index contributed by atoms with van der Waals surface area (Å²) in [5.41, 5.74) is 2.39. The van der Waals surface area contributed by atoms with E-state index < -0.39 is 0 Å². The summed E-state index contributed by atoms with van der Waals surface area (Å²) in [5.74, 6) is 0.0335. The lowest BCUT2D eigenvalue weighted by molar-refractivity contribution is 0.103. The summed E-state index contributed by atoms with van der Waals surface area (Å²) in [6.45, 7) is 1.93. The molecular weight excluding hydrogens is 230 g/mol. The van der Waals surface area contributed by atoms with Crippen molar-refractivity contribution in [3.8, 4) is 0 Å². The van der Waals surface area contributed by atoms with Gasteiger partial charge in [0.25, 0.3) is 0 Å². The molecule has 1 aromatic carbocycles. The summed E-state index contributed by atoms with van der Waals surface area (Å²) in [6.07, 6.45) is 5.34. The number of hydrogen-bond donors (Lipinski definition) is 0. The second kappa shape index (κ2) is 5.15. The molecule has 0 radical (unpaired) electrons. The molecule has 1 heterocycles. The number of rotatable bonds is 3. The highest BCUT2D eigenvalue weighted by atomic mass is 32.2. The number of nitrogens with zero attached hydrogens (tertiary/aromatic N) is 1. The van der Waals surface area contributed by atoms with Gasteiger partial charge in [0, 0.05) is 28.4 Å². The third-order valence-corrected chi connectivity index (χ3v) is 3.28. The minimum absolute atomic E-state index is 0.0335. The fraction of sp³-hybridized carbons (Fsp3) is 0.143. The molecule has 17 heavy (non-hydrogen) atoms. The van der Waals surface area contributed by atoms with Crippen LogP contribution in [0.3, 0.4) is 0 Å². The van der Waals surface area contributed by atoms with Crippen LogP contribution >= 0.6 is 11.8 Å². The van der Waals surface area contributed by atoms with Crippen LogP contribution in [0.15, 0.2) is 47.6 Å². The SMILES string of the molecule is CSc1ccccc1C(=O)c1cncc(C)c1. The van der Waals surface area contributed by atoms with Crippen molar-refractivity contribution in [3.63, 3.8) is 0 Å². The van der Waals surface area contributed by atoms with Crippen LogP contribution in [0, 0.1) is 6.92 Å². The summed E-state index contributed by atoms with van der Waals surface area (Å²) in [6, 6.07) is 9.51. The van der Waals surface area contributed by atoms with E-state index in [1.165, 1.54) is 0 Å². The molecule has 0 aliphatic heterocycles. The van der Waals surface area contributed by atoms with Gasteiger partial charge in [-0.05, 0) is 36.9 Å². The number of carbonyl (C=O) groups excluding carboxylic acids is 1. The van der Waals surface area contributed by atoms with Crippen LogP contribution in [0.25, 0.3) is 0 Å². The topological polar surface area (TPSA) is 30.0 Å². The molecular formula is C14H13NOS. The van der Waals surface area contributed by atoms with Crippen LogP contribution in [0.4, 0.5) is 0 Å². The van der Waals surface area contributed by atoms with Gasteiger partial charge in [0.2, 0.25) is 0 Å². The number of ketones is 1. The number of hydrogen-bond acceptors (Lipinski definition) is 3. The van der Waals surface area contributed by atoms with Gasteiger partial charge >= 0.3 is 0 Å². The molecule has 0 spiro atoms. The molecule has 0 bridgehead atoms. The van der Waals surface area contributed by atoms with Crippen molar-refractivity contribution in [2.45, 2.75) is 11.8 Å². The van der Waals surface area contributed by atoms with E-state index in [1.807, 2.05) is 43.5 Å². The zero-order valence-electron chi connectivity index (χ0n) is 9.81. The first kappa shape index (κ1) is 11.9. The summed E-state index contributed by atoms with van der Waals surface area (Å²) >= 11 is 1.58. The largest absolute Gasteiger partial charge is 0.289 e. The van der Waals surface area contributed by atoms with Gasteiger partial charge in [0.05, 0.1) is 0 Å². The molecule has 3 heteroatoms. The lowest BCUT2D eigenvalue weighted by Gasteiger charge is -2.06. The van der Waals surface area contributed by atoms with Crippen LogP contribution in [-0.2, 0) is 0 Å². The Morgan fingerprint density at radius 3 is 2.71 bits per heavy atom. The number of pyridine rings is 1. The molecule has 0 amide bonds. The van der Waals surface area contributed by atoms with Crippen molar-refractivity contribution in [1.29, 1.82) is 0 Å². The first-order valence-corrected chi connectivity index (χ1v) is 6.54. The van der Waals surface area contributed by atoms with Crippen LogP contribution in [0.1, 0.15) is 21.5 Å². The van der Waals surface area contributed by atoms with E-state index in [0.717, 1.165) is 16.0 Å². The third-order valence-electron chi connectivity index (χ3n) is 2.49. The maximum absolute atomic E-state index is 12.3. The number of benzene rings is 1. The van der Waals surface area contributed by atoms with Gasteiger partial charge in [0.1, 0.15) is 0 Å². The maximum atomic E-state index is 12.3. The van der Waals surface area contributed by atoms with E-state index >= 15 is 0 Å². The van der Waals surface area contributed by atoms with Gasteiger partial charge in [-0.1, -0.05) is 12.1 Å². The number of aryl methyl sites for hydroxylation is 1. The maximum Gasteiger partial charge on any atom is 0.195 e. The van der Waals surface area contributed by atoms with E-state index in [9.17, 15) is 4.79 Å². The molecule has 0 unspecified atom stereocenters. The van der Waals surface area contributed by atoms with Crippen LogP contribution in [-0.4, -0.2) is 17.0 Å². The molecule has 0 fully saturated rings. The van der Waals surface area contributed by atoms with E-state index in [-0.39, 0.29) is 5.78 Å². The van der Waals surface area contributed by atoms with E-state index in [1.54, 1.807) is 24.2 Å². The third kappa shape index (κ3) is 2.56. The van der Waals surface area contributed by atoms with Crippen LogP contribution in [0.5, 0.6) is 0 Å². The molecule has 0 N–H and O–H groups in total. The molecule has 2 aromatic rings. The molecule has 0 atom stereocenters. The highest BCUT2D eigenvalue weighted by Crippen LogP contribution is 2.22. The van der Waals surface area contributed by atoms with Crippen molar-refractivity contribution >= 4 is 17.5 Å². The Bertz CT molecular complexity index is 551. The monoisotopic (exact) mass is 243 g/mol. The van der Waals surface area contributed by atoms with Crippen molar-refractivity contribution in [1.82, 2.24) is 4.98 Å². The first-order valence-electron chi connectivity index (χ1n) is 5.31. The Hall–Kier alpha value is -1.61. The molecule has 0 aliphatic rings. The second-order valence-corrected chi connectivity index (χ2v) is 4.63. The summed E-state index contributed by atoms with van der Waals surface area (Å²) in [4.78, 5) is 17.4. The lowest BCUT2D eigenvalue weighted by Crippen LogP contribution is -2.03. The Kier molecular flexibility index (Phi) is 3.59. The fourth-order valence-electron chi connectivity index (χ4n) is 1.67. The summed E-state index contributed by atoms with van der Waals surface area (Å²) in [5, 5.41) is 0. The molecule has 2 nitrogen and oxygen atoms in total. The van der Waals surface area contributed by atoms with Gasteiger partial charge in [-0.25, -0.2) is 0 Å². The molecule has 86 valence electrons. The zero-order chi connectivity index (χ0) is 12.3. The Labute approximate surface area is 105 Å². The lowest BCUT2D eigenvalue weighted by atomic mass is 10.0. The minimum atomic E-state index is 0.0335. The smallest absolute Gasteiger partial charge is 0.195 e. The van der Waals surface area contributed by atoms with Crippen LogP contribution < -0.4 is 0 Å². The van der Waals surface area contributed by atoms with Gasteiger partial charge in [-0.2, -0.15) is 0 Å². The second-order valence-electron chi connectivity index (χ2n) is 3.78. The average molecular weight is 243 g/mol. The highest BCUT2D eigenvalue weighted by Gasteiger charge is 2.12. The molecule has 1 aromatic heterocycles. The number of carbonyl (C=O) groups is 1. The Balaban J connectivity index is 2.44. The summed E-state index contributed by atoms with van der Waals surface area (Å²) in [7, 11) is 0. The van der Waals surface area contributed by atoms with Gasteiger partial charge in [-0.3, -0.25) is 9.78 Å². The number of aromatic nitrogens is 1. The van der Waals surface area contributed by atoms with E-state index in [0.29, 0.717) is 5.56 Å². The highest BCUT2D eigenvalue weighted by molar-refractivity contribution is 7.98. The predicted molar refractivity (Wildman–Crippen MR) is 70.6 cm³/mol. The first-order chi connectivity index (χ1) is 8.22. The quantitative estimate of drug-likeness (QED) is 0.611. The zero-order valence-corrected chi connectivity index (χ0v) is 10.6. The normalized spacial score (nSPS) is 10.2. The predicted octanol–water partition coefficient (Wildman–Crippen LogP) is 3.34. The van der Waals surface area contributed by atoms with E-state index in [2.05, 4.69) is 4.98 Å². The average Bonchev–Trinajstić information content (AvgIpc) is 2.38. The van der Waals surface area contributed by atoms with Crippen molar-refractivity contribution in [2.24, 2.45) is 0 Å². The minimum Gasteiger partial charge on any atom is -0.289 e. The molecule has 0 aliphatic carbocycles. The molecule has 0 saturated heterocycles. The standard InChI is InChI=1S/C14H13NOS/c1-10-7-11(9-15-8-10)14(16)12-5-3-4-6-13(12)17-2/h3-9H,1-2H3. The fourth-order valence-corrected chi connectivity index (χ4v) is 2.26. The Morgan fingerprint density at radius 1 is 1.24 bits per heavy atom. The van der Waals surface area contributed by atoms with Crippen molar-refractivity contribution in [3.05, 3.63) is 59.4 Å². The van der Waals surface area contributed by atoms with Gasteiger partial charge in [-0.15, -0.1) is 11.8 Å². The van der Waals surface area contributed by atoms with E-state index in [4.69, 9.17) is 0 Å². The van der Waals surface area contributed by atoms with Crippen LogP contribution in [0.2, 0.25) is 0 Å². The van der Waals surface area contributed by atoms with Gasteiger partial charge in [0.15, 0.2) is 5.78 Å². The van der Waals surface area contributed by atoms with Crippen molar-refractivity contribution in [2.75, 3.05) is 6.26 Å². The molecule has 2 rings (SSSR count). The Morgan fingerprint density at radius 2 is 2.00 bits per heavy atom. The summed E-state index contributed by atoms with van der Waals surface area (Å²) < 4.78 is 0.